The summed E-state index contributed by atoms with van der Waals surface area (Å²) in [6.45, 7) is 1.91. The number of carbonyl (C=O) groups excluding carboxylic acids is 1. The summed E-state index contributed by atoms with van der Waals surface area (Å²) in [4.78, 5) is 18.2. The highest BCUT2D eigenvalue weighted by Gasteiger charge is 2.47. The molecule has 4 rings (SSSR count). The number of nitrogens with one attached hydrogen (secondary N) is 1. The maximum atomic E-state index is 12.3. The molecular formula is C16H18N4O3. The number of carbonyl (C=O) groups is 1. The third-order valence-corrected chi connectivity index (χ3v) is 4.49. The first kappa shape index (κ1) is 14.2. The number of hydrogen-bond donors (Lipinski definition) is 1. The van der Waals surface area contributed by atoms with Crippen LogP contribution < -0.4 is 5.32 Å². The number of aromatic nitrogens is 2. The highest BCUT2D eigenvalue weighted by molar-refractivity contribution is 5.91. The Morgan fingerprint density at radius 3 is 3.13 bits per heavy atom. The van der Waals surface area contributed by atoms with Gasteiger partial charge in [-0.3, -0.25) is 9.78 Å². The Morgan fingerprint density at radius 1 is 1.39 bits per heavy atom. The number of ether oxygens (including phenoxy) is 1. The lowest BCUT2D eigenvalue weighted by molar-refractivity contribution is 0.0120. The van der Waals surface area contributed by atoms with Crippen LogP contribution in [0.1, 0.15) is 23.4 Å². The highest BCUT2D eigenvalue weighted by Crippen LogP contribution is 2.36. The fourth-order valence-corrected chi connectivity index (χ4v) is 3.41. The van der Waals surface area contributed by atoms with Crippen molar-refractivity contribution in [3.63, 3.8) is 0 Å². The van der Waals surface area contributed by atoms with Gasteiger partial charge in [-0.05, 0) is 18.6 Å². The summed E-state index contributed by atoms with van der Waals surface area (Å²) < 4.78 is 11.0. The number of likely N-dealkylation sites (tertiary alicyclic amines) is 1. The molecule has 1 amide bonds. The minimum absolute atomic E-state index is 0.119. The third kappa shape index (κ3) is 2.79. The summed E-state index contributed by atoms with van der Waals surface area (Å²) in [5.41, 5.74) is 0.737. The predicted molar refractivity (Wildman–Crippen MR) is 82.0 cm³/mol. The first-order chi connectivity index (χ1) is 11.2. The summed E-state index contributed by atoms with van der Waals surface area (Å²) in [6.07, 6.45) is 6.76. The maximum Gasteiger partial charge on any atom is 0.292 e. The van der Waals surface area contributed by atoms with Gasteiger partial charge in [0.2, 0.25) is 5.76 Å². The second-order valence-electron chi connectivity index (χ2n) is 6.13. The number of hydrogen-bond acceptors (Lipinski definition) is 6. The van der Waals surface area contributed by atoms with E-state index in [-0.39, 0.29) is 23.3 Å². The van der Waals surface area contributed by atoms with E-state index in [0.29, 0.717) is 19.7 Å². The molecule has 0 saturated carbocycles. The van der Waals surface area contributed by atoms with Crippen LogP contribution in [0.5, 0.6) is 0 Å². The van der Waals surface area contributed by atoms with Crippen molar-refractivity contribution in [2.45, 2.75) is 24.5 Å². The number of nitrogens with zero attached hydrogens (tertiary/aromatic N) is 3. The normalized spacial score (nSPS) is 26.8. The smallest absolute Gasteiger partial charge is 0.292 e. The first-order valence-corrected chi connectivity index (χ1v) is 7.75. The van der Waals surface area contributed by atoms with Gasteiger partial charge in [0.15, 0.2) is 0 Å². The van der Waals surface area contributed by atoms with Crippen LogP contribution in [-0.2, 0) is 4.74 Å². The van der Waals surface area contributed by atoms with Gasteiger partial charge < -0.3 is 19.5 Å². The van der Waals surface area contributed by atoms with Crippen molar-refractivity contribution in [3.8, 4) is 0 Å². The molecule has 2 saturated heterocycles. The molecule has 0 aromatic carbocycles. The number of rotatable bonds is 3. The number of amides is 1. The topological polar surface area (TPSA) is 80.5 Å². The van der Waals surface area contributed by atoms with Crippen molar-refractivity contribution in [2.75, 3.05) is 25.0 Å². The van der Waals surface area contributed by atoms with Gasteiger partial charge >= 0.3 is 0 Å². The predicted octanol–water partition coefficient (Wildman–Crippen LogP) is 1.56. The van der Waals surface area contributed by atoms with Crippen molar-refractivity contribution in [1.29, 1.82) is 0 Å². The lowest BCUT2D eigenvalue weighted by atomic mass is 9.97. The minimum Gasteiger partial charge on any atom is -0.379 e. The Kier molecular flexibility index (Phi) is 3.49. The minimum atomic E-state index is -0.254. The molecule has 7 heteroatoms. The fourth-order valence-electron chi connectivity index (χ4n) is 3.41. The van der Waals surface area contributed by atoms with E-state index in [9.17, 15) is 4.79 Å². The van der Waals surface area contributed by atoms with Gasteiger partial charge in [0.05, 0.1) is 36.7 Å². The Morgan fingerprint density at radius 2 is 2.35 bits per heavy atom. The van der Waals surface area contributed by atoms with Crippen LogP contribution in [0.4, 0.5) is 5.69 Å². The molecule has 0 radical (unpaired) electrons. The van der Waals surface area contributed by atoms with Crippen molar-refractivity contribution < 1.29 is 14.1 Å². The van der Waals surface area contributed by atoms with Crippen LogP contribution in [0.3, 0.4) is 0 Å². The van der Waals surface area contributed by atoms with E-state index in [1.165, 1.54) is 6.20 Å². The van der Waals surface area contributed by atoms with Crippen LogP contribution >= 0.6 is 0 Å². The first-order valence-electron chi connectivity index (χ1n) is 7.75. The van der Waals surface area contributed by atoms with Crippen LogP contribution in [0.25, 0.3) is 0 Å². The number of anilines is 1. The number of pyridine rings is 1. The second kappa shape index (κ2) is 5.66. The Balaban J connectivity index is 1.38. The van der Waals surface area contributed by atoms with Crippen LogP contribution in [-0.4, -0.2) is 52.3 Å². The monoisotopic (exact) mass is 314 g/mol. The van der Waals surface area contributed by atoms with E-state index in [0.717, 1.165) is 18.5 Å². The average Bonchev–Trinajstić information content (AvgIpc) is 3.31. The second-order valence-corrected chi connectivity index (χ2v) is 6.13. The summed E-state index contributed by atoms with van der Waals surface area (Å²) in [6, 6.07) is 5.73. The van der Waals surface area contributed by atoms with Crippen molar-refractivity contribution in [3.05, 3.63) is 42.5 Å². The van der Waals surface area contributed by atoms with Gasteiger partial charge in [-0.25, -0.2) is 0 Å². The van der Waals surface area contributed by atoms with Gasteiger partial charge in [0.25, 0.3) is 5.91 Å². The van der Waals surface area contributed by atoms with E-state index in [1.54, 1.807) is 23.4 Å². The van der Waals surface area contributed by atoms with Gasteiger partial charge in [-0.1, -0.05) is 5.16 Å². The molecule has 2 fully saturated rings. The fraction of sp³-hybridized carbons (Fsp3) is 0.438. The quantitative estimate of drug-likeness (QED) is 0.926. The molecule has 120 valence electrons. The third-order valence-electron chi connectivity index (χ3n) is 4.49. The summed E-state index contributed by atoms with van der Waals surface area (Å²) >= 11 is 0. The molecule has 0 aliphatic carbocycles. The summed E-state index contributed by atoms with van der Waals surface area (Å²) in [5.74, 6) is 0.164. The zero-order valence-electron chi connectivity index (χ0n) is 12.6. The SMILES string of the molecule is O=C(c1ccno1)N1CC[C@@]2(C[C@H](Nc3cccnc3)CO2)C1. The van der Waals surface area contributed by atoms with E-state index in [4.69, 9.17) is 9.26 Å². The van der Waals surface area contributed by atoms with E-state index < -0.39 is 0 Å². The molecule has 2 aromatic rings. The molecular weight excluding hydrogens is 296 g/mol. The zero-order chi connectivity index (χ0) is 15.7. The lowest BCUT2D eigenvalue weighted by Gasteiger charge is -2.23. The summed E-state index contributed by atoms with van der Waals surface area (Å²) in [5, 5.41) is 7.04. The van der Waals surface area contributed by atoms with Crippen LogP contribution in [0.2, 0.25) is 0 Å². The Bertz CT molecular complexity index is 676. The molecule has 23 heavy (non-hydrogen) atoms. The molecule has 7 nitrogen and oxygen atoms in total. The van der Waals surface area contributed by atoms with E-state index in [1.807, 2.05) is 12.1 Å². The summed E-state index contributed by atoms with van der Waals surface area (Å²) in [7, 11) is 0. The lowest BCUT2D eigenvalue weighted by Crippen LogP contribution is -2.36. The maximum absolute atomic E-state index is 12.3. The molecule has 2 atom stereocenters. The van der Waals surface area contributed by atoms with Crippen molar-refractivity contribution in [2.24, 2.45) is 0 Å². The van der Waals surface area contributed by atoms with E-state index >= 15 is 0 Å². The molecule has 0 unspecified atom stereocenters. The average molecular weight is 314 g/mol. The molecule has 0 bridgehead atoms. The molecule has 1 N–H and O–H groups in total. The Hall–Kier alpha value is -2.41. The Labute approximate surface area is 133 Å². The van der Waals surface area contributed by atoms with Gasteiger partial charge in [-0.2, -0.15) is 0 Å². The molecule has 2 aliphatic heterocycles. The molecule has 1 spiro atoms. The van der Waals surface area contributed by atoms with Gasteiger partial charge in [-0.15, -0.1) is 0 Å². The molecule has 4 heterocycles. The van der Waals surface area contributed by atoms with Gasteiger partial charge in [0, 0.05) is 31.4 Å². The standard InChI is InChI=1S/C16H18N4O3/c21-15(14-3-6-18-23-14)20-7-4-16(11-20)8-13(10-22-16)19-12-2-1-5-17-9-12/h1-3,5-6,9,13,19H,4,7-8,10-11H2/t13-,16+/m0/s1. The zero-order valence-corrected chi connectivity index (χ0v) is 12.6. The largest absolute Gasteiger partial charge is 0.379 e. The van der Waals surface area contributed by atoms with Crippen molar-refractivity contribution in [1.82, 2.24) is 15.0 Å². The van der Waals surface area contributed by atoms with Crippen LogP contribution in [0.15, 0.2) is 41.3 Å². The molecule has 2 aliphatic rings. The van der Waals surface area contributed by atoms with E-state index in [2.05, 4.69) is 15.5 Å². The van der Waals surface area contributed by atoms with Crippen LogP contribution in [0, 0.1) is 0 Å². The molecule has 2 aromatic heterocycles. The van der Waals surface area contributed by atoms with Crippen molar-refractivity contribution >= 4 is 11.6 Å². The highest BCUT2D eigenvalue weighted by atomic mass is 16.5. The van der Waals surface area contributed by atoms with Gasteiger partial charge in [0.1, 0.15) is 0 Å².